The molecule has 9 aromatic rings. The molecule has 0 aliphatic rings. The zero-order valence-electron chi connectivity index (χ0n) is 26.3. The van der Waals surface area contributed by atoms with Gasteiger partial charge in [0, 0.05) is 11.8 Å². The highest BCUT2D eigenvalue weighted by Crippen LogP contribution is 2.45. The number of hydrogen-bond acceptors (Lipinski definition) is 1. The summed E-state index contributed by atoms with van der Waals surface area (Å²) in [5.74, 6) is 0. The molecule has 0 aliphatic carbocycles. The van der Waals surface area contributed by atoms with Crippen LogP contribution in [0.5, 0.6) is 0 Å². The Morgan fingerprint density at radius 2 is 0.812 bits per heavy atom. The van der Waals surface area contributed by atoms with Crippen LogP contribution in [-0.2, 0) is 0 Å². The molecule has 0 atom stereocenters. The predicted molar refractivity (Wildman–Crippen MR) is 204 cm³/mol. The summed E-state index contributed by atoms with van der Waals surface area (Å²) in [6.45, 7) is 0. The van der Waals surface area contributed by atoms with Gasteiger partial charge in [-0.05, 0) is 95.0 Å². The van der Waals surface area contributed by atoms with Gasteiger partial charge in [0.1, 0.15) is 0 Å². The fraction of sp³-hybridized carbons (Fsp3) is 0. The van der Waals surface area contributed by atoms with Crippen LogP contribution in [0.25, 0.3) is 88.1 Å². The summed E-state index contributed by atoms with van der Waals surface area (Å²) in [5.41, 5.74) is 11.9. The first-order valence-electron chi connectivity index (χ1n) is 16.5. The lowest BCUT2D eigenvalue weighted by molar-refractivity contribution is 1.33. The van der Waals surface area contributed by atoms with Crippen molar-refractivity contribution in [2.24, 2.45) is 0 Å². The normalized spacial score (nSPS) is 11.3. The Bertz CT molecular complexity index is 2560. The van der Waals surface area contributed by atoms with Crippen LogP contribution < -0.4 is 0 Å². The molecule has 8 aromatic carbocycles. The number of hydrogen-bond donors (Lipinski definition) is 0. The lowest BCUT2D eigenvalue weighted by Crippen LogP contribution is -1.92. The number of benzene rings is 8. The van der Waals surface area contributed by atoms with E-state index in [1.54, 1.807) is 0 Å². The molecule has 0 saturated heterocycles. The molecule has 0 saturated carbocycles. The molecule has 48 heavy (non-hydrogen) atoms. The summed E-state index contributed by atoms with van der Waals surface area (Å²) in [6.07, 6.45) is 1.85. The van der Waals surface area contributed by atoms with Crippen LogP contribution in [-0.4, -0.2) is 4.98 Å². The summed E-state index contributed by atoms with van der Waals surface area (Å²) in [7, 11) is 0. The summed E-state index contributed by atoms with van der Waals surface area (Å²) in [6, 6.07) is 65.8. The molecule has 1 aromatic heterocycles. The second-order valence-corrected chi connectivity index (χ2v) is 12.3. The molecule has 0 unspecified atom stereocenters. The predicted octanol–water partition coefficient (Wildman–Crippen LogP) is 12.9. The molecule has 224 valence electrons. The van der Waals surface area contributed by atoms with Crippen LogP contribution in [0.3, 0.4) is 0 Å². The highest BCUT2D eigenvalue weighted by atomic mass is 14.7. The molecule has 1 nitrogen and oxygen atoms in total. The monoisotopic (exact) mass is 609 g/mol. The highest BCUT2D eigenvalue weighted by Gasteiger charge is 2.18. The van der Waals surface area contributed by atoms with Gasteiger partial charge in [-0.25, -0.2) is 0 Å². The van der Waals surface area contributed by atoms with Gasteiger partial charge in [-0.3, -0.25) is 4.98 Å². The molecular weight excluding hydrogens is 579 g/mol. The molecule has 0 N–H and O–H groups in total. The summed E-state index contributed by atoms with van der Waals surface area (Å²) in [5, 5.41) is 7.49. The fourth-order valence-corrected chi connectivity index (χ4v) is 7.25. The molecule has 9 rings (SSSR count). The Kier molecular flexibility index (Phi) is 6.87. The third-order valence-electron chi connectivity index (χ3n) is 9.54. The second kappa shape index (κ2) is 11.8. The maximum Gasteiger partial charge on any atom is 0.0701 e. The van der Waals surface area contributed by atoms with Gasteiger partial charge in [-0.1, -0.05) is 164 Å². The Morgan fingerprint density at radius 1 is 0.292 bits per heavy atom. The molecule has 0 aliphatic heterocycles. The molecule has 0 spiro atoms. The quantitative estimate of drug-likeness (QED) is 0.177. The minimum atomic E-state index is 0.979. The molecule has 1 heteroatoms. The van der Waals surface area contributed by atoms with Crippen molar-refractivity contribution < 1.29 is 0 Å². The molecule has 0 bridgehead atoms. The molecule has 0 radical (unpaired) electrons. The third-order valence-corrected chi connectivity index (χ3v) is 9.54. The van der Waals surface area contributed by atoms with Crippen molar-refractivity contribution in [3.05, 3.63) is 188 Å². The first kappa shape index (κ1) is 28.0. The summed E-state index contributed by atoms with van der Waals surface area (Å²) < 4.78 is 0. The maximum atomic E-state index is 4.58. The van der Waals surface area contributed by atoms with Crippen molar-refractivity contribution in [1.29, 1.82) is 0 Å². The van der Waals surface area contributed by atoms with Gasteiger partial charge in [-0.15, -0.1) is 0 Å². The van der Waals surface area contributed by atoms with Crippen LogP contribution in [0.15, 0.2) is 188 Å². The Morgan fingerprint density at radius 3 is 1.52 bits per heavy atom. The van der Waals surface area contributed by atoms with Crippen molar-refractivity contribution in [3.8, 4) is 55.8 Å². The maximum absolute atomic E-state index is 4.58. The van der Waals surface area contributed by atoms with E-state index in [1.807, 2.05) is 18.3 Å². The molecule has 0 fully saturated rings. The zero-order valence-corrected chi connectivity index (χ0v) is 26.3. The second-order valence-electron chi connectivity index (χ2n) is 12.3. The van der Waals surface area contributed by atoms with Gasteiger partial charge in [0.15, 0.2) is 0 Å². The van der Waals surface area contributed by atoms with E-state index in [1.165, 1.54) is 76.8 Å². The van der Waals surface area contributed by atoms with E-state index in [0.29, 0.717) is 0 Å². The van der Waals surface area contributed by atoms with Gasteiger partial charge in [0.2, 0.25) is 0 Å². The number of rotatable bonds is 5. The minimum Gasteiger partial charge on any atom is -0.256 e. The van der Waals surface area contributed by atoms with Crippen molar-refractivity contribution in [1.82, 2.24) is 4.98 Å². The Hall–Kier alpha value is -6.31. The third kappa shape index (κ3) is 4.85. The first-order chi connectivity index (χ1) is 23.8. The zero-order chi connectivity index (χ0) is 31.9. The first-order valence-corrected chi connectivity index (χ1v) is 16.5. The van der Waals surface area contributed by atoms with Gasteiger partial charge in [0.25, 0.3) is 0 Å². The fourth-order valence-electron chi connectivity index (χ4n) is 7.25. The van der Waals surface area contributed by atoms with Crippen LogP contribution in [0, 0.1) is 0 Å². The minimum absolute atomic E-state index is 0.979. The molecule has 0 amide bonds. The van der Waals surface area contributed by atoms with Gasteiger partial charge in [0.05, 0.1) is 5.69 Å². The van der Waals surface area contributed by atoms with Crippen molar-refractivity contribution in [3.63, 3.8) is 0 Å². The smallest absolute Gasteiger partial charge is 0.0701 e. The SMILES string of the molecule is c1ccc(-c2ccc(-c3c4ccccc4c(-c4ccc(-c5ccccn5)cc4)c4ccc(-c5cccc6ccccc56)cc34)cc2)cc1. The van der Waals surface area contributed by atoms with Crippen LogP contribution in [0.4, 0.5) is 0 Å². The van der Waals surface area contributed by atoms with E-state index in [9.17, 15) is 0 Å². The van der Waals surface area contributed by atoms with E-state index in [0.717, 1.165) is 11.3 Å². The van der Waals surface area contributed by atoms with Gasteiger partial charge >= 0.3 is 0 Å². The standard InChI is InChI=1S/C47H31N/c1-2-11-32(12-3-1)33-20-24-37(25-21-33)47-42-17-7-6-16-41(42)46(36-26-22-35(23-27-36)45-19-8-9-30-48-45)43-29-28-38(31-44(43)47)40-18-10-14-34-13-4-5-15-39(34)40/h1-31H. The number of pyridine rings is 1. The van der Waals surface area contributed by atoms with E-state index in [4.69, 9.17) is 0 Å². The largest absolute Gasteiger partial charge is 0.256 e. The van der Waals surface area contributed by atoms with Gasteiger partial charge in [-0.2, -0.15) is 0 Å². The summed E-state index contributed by atoms with van der Waals surface area (Å²) >= 11 is 0. The van der Waals surface area contributed by atoms with Crippen LogP contribution >= 0.6 is 0 Å². The van der Waals surface area contributed by atoms with Crippen molar-refractivity contribution >= 4 is 32.3 Å². The number of fused-ring (bicyclic) bond motifs is 3. The van der Waals surface area contributed by atoms with E-state index in [-0.39, 0.29) is 0 Å². The Labute approximate surface area is 280 Å². The Balaban J connectivity index is 1.31. The van der Waals surface area contributed by atoms with Crippen molar-refractivity contribution in [2.75, 3.05) is 0 Å². The van der Waals surface area contributed by atoms with E-state index in [2.05, 4.69) is 175 Å². The van der Waals surface area contributed by atoms with Crippen LogP contribution in [0.2, 0.25) is 0 Å². The molecule has 1 heterocycles. The average molecular weight is 610 g/mol. The highest BCUT2D eigenvalue weighted by molar-refractivity contribution is 6.22. The number of nitrogens with zero attached hydrogens (tertiary/aromatic N) is 1. The number of aromatic nitrogens is 1. The topological polar surface area (TPSA) is 12.9 Å². The lowest BCUT2D eigenvalue weighted by atomic mass is 9.84. The summed E-state index contributed by atoms with van der Waals surface area (Å²) in [4.78, 5) is 4.58. The van der Waals surface area contributed by atoms with Gasteiger partial charge < -0.3 is 0 Å². The molecular formula is C47H31N. The lowest BCUT2D eigenvalue weighted by Gasteiger charge is -2.19. The average Bonchev–Trinajstić information content (AvgIpc) is 3.17. The van der Waals surface area contributed by atoms with Crippen molar-refractivity contribution in [2.45, 2.75) is 0 Å². The van der Waals surface area contributed by atoms with E-state index >= 15 is 0 Å². The van der Waals surface area contributed by atoms with Crippen LogP contribution in [0.1, 0.15) is 0 Å². The van der Waals surface area contributed by atoms with E-state index < -0.39 is 0 Å².